The number of fused-ring (bicyclic) bond motifs is 4. The number of anilines is 2. The maximum Gasteiger partial charge on any atom is 0.327 e. The first kappa shape index (κ1) is 20.3. The number of imidazole rings is 1. The van der Waals surface area contributed by atoms with E-state index in [1.54, 1.807) is 6.33 Å². The predicted octanol–water partition coefficient (Wildman–Crippen LogP) is 0.329. The van der Waals surface area contributed by atoms with Crippen LogP contribution in [0.4, 0.5) is 11.8 Å². The van der Waals surface area contributed by atoms with Crippen molar-refractivity contribution in [1.29, 1.82) is 0 Å². The summed E-state index contributed by atoms with van der Waals surface area (Å²) in [4.78, 5) is 12.8. The second-order valence-electron chi connectivity index (χ2n) is 10.8. The lowest BCUT2D eigenvalue weighted by Crippen LogP contribution is -2.55. The second-order valence-corrected chi connectivity index (χ2v) is 18.1. The largest absolute Gasteiger partial charge is 0.393 e. The molecule has 0 bridgehead atoms. The Morgan fingerprint density at radius 2 is 1.87 bits per heavy atom. The number of ether oxygens (including phenoxy) is 1. The van der Waals surface area contributed by atoms with E-state index in [9.17, 15) is 5.11 Å². The van der Waals surface area contributed by atoms with Crippen LogP contribution in [0.1, 0.15) is 41.5 Å². The van der Waals surface area contributed by atoms with Gasteiger partial charge in [0.2, 0.25) is 5.95 Å². The second kappa shape index (κ2) is 5.81. The molecular weight excluding hydrogens is 420 g/mol. The third-order valence-corrected chi connectivity index (χ3v) is 13.6. The van der Waals surface area contributed by atoms with Crippen LogP contribution in [0.5, 0.6) is 0 Å². The van der Waals surface area contributed by atoms with E-state index in [-0.39, 0.29) is 27.9 Å². The summed E-state index contributed by atoms with van der Waals surface area (Å²) < 4.78 is 21.0. The maximum atomic E-state index is 12.2. The topological polar surface area (TPSA) is 144 Å². The fraction of sp³-hybridized carbons (Fsp3) is 0.722. The van der Waals surface area contributed by atoms with E-state index < -0.39 is 34.8 Å². The molecule has 3 fully saturated rings. The Bertz CT molecular complexity index is 1040. The van der Waals surface area contributed by atoms with Crippen molar-refractivity contribution in [1.82, 2.24) is 19.5 Å². The van der Waals surface area contributed by atoms with Crippen molar-refractivity contribution < 1.29 is 18.7 Å². The van der Waals surface area contributed by atoms with E-state index in [0.29, 0.717) is 17.8 Å². The number of nitrogens with two attached hydrogens (primary N) is 2. The molecule has 2 unspecified atom stereocenters. The zero-order valence-corrected chi connectivity index (χ0v) is 20.5. The molecule has 10 nitrogen and oxygen atoms in total. The molecule has 0 aromatic carbocycles. The monoisotopic (exact) mass is 450 g/mol. The summed E-state index contributed by atoms with van der Waals surface area (Å²) in [5.41, 5.74) is 12.8. The van der Waals surface area contributed by atoms with Gasteiger partial charge in [0, 0.05) is 5.04 Å². The smallest absolute Gasteiger partial charge is 0.327 e. The summed E-state index contributed by atoms with van der Waals surface area (Å²) in [7, 11) is -4.04. The quantitative estimate of drug-likeness (QED) is 0.523. The molecule has 5 heterocycles. The average molecular weight is 451 g/mol. The van der Waals surface area contributed by atoms with Crippen molar-refractivity contribution in [3.05, 3.63) is 6.33 Å². The fourth-order valence-electron chi connectivity index (χ4n) is 5.49. The molecule has 0 spiro atoms. The van der Waals surface area contributed by atoms with Gasteiger partial charge in [-0.1, -0.05) is 41.5 Å². The molecule has 3 aliphatic heterocycles. The zero-order valence-electron chi connectivity index (χ0n) is 18.2. The maximum absolute atomic E-state index is 12.2. The number of nitrogen functional groups attached to an aromatic ring is 2. The fourth-order valence-corrected chi connectivity index (χ4v) is 13.0. The van der Waals surface area contributed by atoms with Crippen LogP contribution in [0.25, 0.3) is 11.2 Å². The van der Waals surface area contributed by atoms with E-state index in [0.717, 1.165) is 0 Å². The molecule has 5 rings (SSSR count). The van der Waals surface area contributed by atoms with Crippen molar-refractivity contribution in [2.24, 2.45) is 0 Å². The van der Waals surface area contributed by atoms with Crippen LogP contribution in [0.15, 0.2) is 6.33 Å². The molecule has 2 aromatic rings. The van der Waals surface area contributed by atoms with Gasteiger partial charge in [0.15, 0.2) is 25.6 Å². The summed E-state index contributed by atoms with van der Waals surface area (Å²) in [6, 6.07) is 0. The number of hydrogen-bond acceptors (Lipinski definition) is 9. The van der Waals surface area contributed by atoms with Gasteiger partial charge in [-0.15, -0.1) is 0 Å². The SMILES string of the molecule is CC(C)(C)[SiH]1OC[C@H]2O[C@]3(n4cnc5c(N)nc(N)nc54)[SiH](C(C)(C)C)[C@@]3(O)[C@@H]2O1. The molecular formula is C18H30N6O4Si2. The molecule has 0 saturated carbocycles. The van der Waals surface area contributed by atoms with E-state index in [4.69, 9.17) is 25.1 Å². The van der Waals surface area contributed by atoms with Crippen LogP contribution in [-0.4, -0.2) is 66.7 Å². The van der Waals surface area contributed by atoms with Gasteiger partial charge in [-0.3, -0.25) is 4.57 Å². The number of nitrogens with zero attached hydrogens (tertiary/aromatic N) is 4. The van der Waals surface area contributed by atoms with Crippen LogP contribution in [0.2, 0.25) is 10.1 Å². The van der Waals surface area contributed by atoms with Crippen molar-refractivity contribution in [3.8, 4) is 0 Å². The van der Waals surface area contributed by atoms with Gasteiger partial charge in [0.05, 0.1) is 12.9 Å². The lowest BCUT2D eigenvalue weighted by Gasteiger charge is -2.40. The molecule has 6 atom stereocenters. The highest BCUT2D eigenvalue weighted by Gasteiger charge is 2.91. The summed E-state index contributed by atoms with van der Waals surface area (Å²) >= 11 is 0. The van der Waals surface area contributed by atoms with Crippen molar-refractivity contribution in [2.45, 2.75) is 74.4 Å². The van der Waals surface area contributed by atoms with E-state index in [1.807, 2.05) is 4.57 Å². The van der Waals surface area contributed by atoms with Crippen LogP contribution < -0.4 is 11.5 Å². The van der Waals surface area contributed by atoms with Gasteiger partial charge in [-0.25, -0.2) is 4.98 Å². The molecule has 0 amide bonds. The highest BCUT2D eigenvalue weighted by molar-refractivity contribution is 6.80. The van der Waals surface area contributed by atoms with Crippen LogP contribution >= 0.6 is 0 Å². The van der Waals surface area contributed by atoms with E-state index in [1.165, 1.54) is 0 Å². The molecule has 3 aliphatic rings. The van der Waals surface area contributed by atoms with Gasteiger partial charge in [0.25, 0.3) is 0 Å². The highest BCUT2D eigenvalue weighted by Crippen LogP contribution is 2.70. The first-order chi connectivity index (χ1) is 13.8. The Hall–Kier alpha value is -1.58. The summed E-state index contributed by atoms with van der Waals surface area (Å²) in [6.45, 7) is 13.2. The van der Waals surface area contributed by atoms with Gasteiger partial charge >= 0.3 is 9.28 Å². The van der Waals surface area contributed by atoms with Gasteiger partial charge in [-0.2, -0.15) is 9.97 Å². The summed E-state index contributed by atoms with van der Waals surface area (Å²) in [5, 5.41) is 9.90. The molecule has 3 saturated heterocycles. The van der Waals surface area contributed by atoms with Gasteiger partial charge < -0.3 is 30.2 Å². The number of hydrogen-bond donors (Lipinski definition) is 3. The lowest BCUT2D eigenvalue weighted by molar-refractivity contribution is -0.0831. The lowest BCUT2D eigenvalue weighted by atomic mass is 10.1. The molecule has 12 heteroatoms. The normalized spacial score (nSPS) is 38.5. The third-order valence-electron chi connectivity index (χ3n) is 6.48. The van der Waals surface area contributed by atoms with Gasteiger partial charge in [0.1, 0.15) is 22.9 Å². The van der Waals surface area contributed by atoms with Crippen molar-refractivity contribution in [2.75, 3.05) is 18.1 Å². The molecule has 5 N–H and O–H groups in total. The predicted molar refractivity (Wildman–Crippen MR) is 116 cm³/mol. The molecule has 164 valence electrons. The van der Waals surface area contributed by atoms with Gasteiger partial charge in [-0.05, 0) is 5.04 Å². The highest BCUT2D eigenvalue weighted by atomic mass is 28.3. The first-order valence-electron chi connectivity index (χ1n) is 10.3. The van der Waals surface area contributed by atoms with E-state index >= 15 is 0 Å². The molecule has 30 heavy (non-hydrogen) atoms. The standard InChI is InChI=1S/C18H30N6O4Si2/c1-15(2,3)29-17(25)11-9(7-26-30(28-11)16(4,5)6)27-18(17,29)24-8-21-10-12(19)22-14(20)23-13(10)24/h8-9,11,25,29-30H,7H2,1-6H3,(H4,19,20,22,23)/t9-,11-,17+,18+,29?,30?/m1/s1. The molecule has 0 radical (unpaired) electrons. The van der Waals surface area contributed by atoms with Crippen molar-refractivity contribution >= 4 is 41.0 Å². The minimum absolute atomic E-state index is 0.0616. The zero-order chi connectivity index (χ0) is 21.9. The Morgan fingerprint density at radius 1 is 1.17 bits per heavy atom. The minimum Gasteiger partial charge on any atom is -0.393 e. The average Bonchev–Trinajstić information content (AvgIpc) is 2.87. The number of aromatic nitrogens is 4. The summed E-state index contributed by atoms with van der Waals surface area (Å²) in [6.07, 6.45) is 0.864. The van der Waals surface area contributed by atoms with Crippen LogP contribution in [0, 0.1) is 0 Å². The number of rotatable bonds is 1. The summed E-state index contributed by atoms with van der Waals surface area (Å²) in [5.74, 6) is 0.271. The first-order valence-corrected chi connectivity index (χ1v) is 13.5. The molecule has 0 aliphatic carbocycles. The van der Waals surface area contributed by atoms with Crippen LogP contribution in [-0.2, 0) is 18.9 Å². The Labute approximate surface area is 178 Å². The minimum atomic E-state index is -2.03. The van der Waals surface area contributed by atoms with Crippen LogP contribution in [0.3, 0.4) is 0 Å². The molecule has 2 aromatic heterocycles. The van der Waals surface area contributed by atoms with E-state index in [2.05, 4.69) is 56.5 Å². The number of aliphatic hydroxyl groups is 1. The Morgan fingerprint density at radius 3 is 2.50 bits per heavy atom. The third kappa shape index (κ3) is 2.40. The Balaban J connectivity index is 1.66. The van der Waals surface area contributed by atoms with Crippen molar-refractivity contribution in [3.63, 3.8) is 0 Å². The Kier molecular flexibility index (Phi) is 3.94.